The number of nitrogens with one attached hydrogen (secondary N) is 1. The third-order valence-corrected chi connectivity index (χ3v) is 10.2. The molecule has 33 heavy (non-hydrogen) atoms. The number of carbonyl (C=O) groups excluding carboxylic acids is 1. The summed E-state index contributed by atoms with van der Waals surface area (Å²) in [5, 5.41) is 10.2. The van der Waals surface area contributed by atoms with Crippen molar-refractivity contribution in [2.45, 2.75) is 16.2 Å². The van der Waals surface area contributed by atoms with Gasteiger partial charge in [-0.25, -0.2) is 16.8 Å². The summed E-state index contributed by atoms with van der Waals surface area (Å²) in [7, 11) is -7.67. The molecule has 0 radical (unpaired) electrons. The Kier molecular flexibility index (Phi) is 6.59. The standard InChI is InChI=1S/C20H21N5O5S3/c1-15-7-5-6-10-17(15)18(26)21-19-22-23-20(31-19)33(29,30)25-13-11-24(12-14-25)32(27,28)16-8-3-2-4-9-16/h2-10H,11-14H2,1H3,(H,21,22,26). The third-order valence-electron chi connectivity index (χ3n) is 5.16. The minimum absolute atomic E-state index is 0.0150. The van der Waals surface area contributed by atoms with Crippen LogP contribution >= 0.6 is 11.3 Å². The molecule has 1 aliphatic heterocycles. The van der Waals surface area contributed by atoms with Crippen LogP contribution in [0.25, 0.3) is 0 Å². The molecule has 0 unspecified atom stereocenters. The van der Waals surface area contributed by atoms with Crippen LogP contribution in [0.4, 0.5) is 5.13 Å². The van der Waals surface area contributed by atoms with E-state index in [0.717, 1.165) is 16.9 Å². The van der Waals surface area contributed by atoms with E-state index in [1.807, 2.05) is 6.07 Å². The lowest BCUT2D eigenvalue weighted by atomic mass is 10.1. The lowest BCUT2D eigenvalue weighted by Gasteiger charge is -2.32. The second-order valence-electron chi connectivity index (χ2n) is 7.26. The van der Waals surface area contributed by atoms with E-state index in [4.69, 9.17) is 0 Å². The molecule has 1 aliphatic rings. The largest absolute Gasteiger partial charge is 0.296 e. The molecule has 13 heteroatoms. The van der Waals surface area contributed by atoms with Crippen LogP contribution in [0.1, 0.15) is 15.9 Å². The molecule has 1 fully saturated rings. The van der Waals surface area contributed by atoms with Crippen LogP contribution in [-0.4, -0.2) is 67.7 Å². The minimum atomic E-state index is -3.98. The Morgan fingerprint density at radius 3 is 2.06 bits per heavy atom. The molecule has 3 aromatic rings. The number of benzene rings is 2. The van der Waals surface area contributed by atoms with Crippen LogP contribution in [0.5, 0.6) is 0 Å². The monoisotopic (exact) mass is 507 g/mol. The fraction of sp³-hybridized carbons (Fsp3) is 0.250. The second-order valence-corrected chi connectivity index (χ2v) is 12.3. The zero-order chi connectivity index (χ0) is 23.6. The van der Waals surface area contributed by atoms with Crippen LogP contribution in [-0.2, 0) is 20.0 Å². The summed E-state index contributed by atoms with van der Waals surface area (Å²) >= 11 is 0.750. The number of rotatable bonds is 6. The van der Waals surface area contributed by atoms with Crippen LogP contribution < -0.4 is 5.32 Å². The van der Waals surface area contributed by atoms with Crippen molar-refractivity contribution in [2.75, 3.05) is 31.5 Å². The van der Waals surface area contributed by atoms with E-state index in [-0.39, 0.29) is 40.5 Å². The molecule has 1 N–H and O–H groups in total. The van der Waals surface area contributed by atoms with Crippen molar-refractivity contribution in [3.05, 3.63) is 65.7 Å². The van der Waals surface area contributed by atoms with Gasteiger partial charge < -0.3 is 0 Å². The number of carbonyl (C=O) groups is 1. The molecule has 0 atom stereocenters. The Hall–Kier alpha value is -2.71. The maximum absolute atomic E-state index is 13.0. The lowest BCUT2D eigenvalue weighted by Crippen LogP contribution is -2.50. The number of piperazine rings is 1. The van der Waals surface area contributed by atoms with Crippen molar-refractivity contribution >= 4 is 42.4 Å². The molecule has 1 amide bonds. The quantitative estimate of drug-likeness (QED) is 0.504. The maximum Gasteiger partial charge on any atom is 0.272 e. The van der Waals surface area contributed by atoms with Gasteiger partial charge in [0.25, 0.3) is 15.9 Å². The van der Waals surface area contributed by atoms with Crippen molar-refractivity contribution in [1.82, 2.24) is 18.8 Å². The topological polar surface area (TPSA) is 130 Å². The predicted octanol–water partition coefficient (Wildman–Crippen LogP) is 1.79. The van der Waals surface area contributed by atoms with Crippen LogP contribution in [0.15, 0.2) is 63.8 Å². The van der Waals surface area contributed by atoms with Crippen LogP contribution in [0.2, 0.25) is 0 Å². The van der Waals surface area contributed by atoms with Crippen LogP contribution in [0.3, 0.4) is 0 Å². The number of aromatic nitrogens is 2. The Labute approximate surface area is 196 Å². The fourth-order valence-corrected chi connectivity index (χ4v) is 7.26. The summed E-state index contributed by atoms with van der Waals surface area (Å²) in [6, 6.07) is 15.0. The average molecular weight is 508 g/mol. The summed E-state index contributed by atoms with van der Waals surface area (Å²) < 4.78 is 53.7. The highest BCUT2D eigenvalue weighted by Gasteiger charge is 2.35. The molecule has 2 aromatic carbocycles. The molecule has 2 heterocycles. The molecular formula is C20H21N5O5S3. The van der Waals surface area contributed by atoms with Gasteiger partial charge in [-0.15, -0.1) is 10.2 Å². The van der Waals surface area contributed by atoms with E-state index in [1.54, 1.807) is 43.3 Å². The van der Waals surface area contributed by atoms with E-state index >= 15 is 0 Å². The predicted molar refractivity (Wildman–Crippen MR) is 123 cm³/mol. The van der Waals surface area contributed by atoms with Gasteiger partial charge >= 0.3 is 0 Å². The van der Waals surface area contributed by atoms with Gasteiger partial charge in [-0.3, -0.25) is 10.1 Å². The third kappa shape index (κ3) is 4.82. The molecule has 174 valence electrons. The number of nitrogens with zero attached hydrogens (tertiary/aromatic N) is 4. The van der Waals surface area contributed by atoms with Crippen molar-refractivity contribution in [2.24, 2.45) is 0 Å². The Bertz CT molecular complexity index is 1370. The van der Waals surface area contributed by atoms with E-state index in [0.29, 0.717) is 5.56 Å². The first-order chi connectivity index (χ1) is 15.7. The minimum Gasteiger partial charge on any atom is -0.296 e. The van der Waals surface area contributed by atoms with Crippen molar-refractivity contribution in [3.63, 3.8) is 0 Å². The van der Waals surface area contributed by atoms with Gasteiger partial charge in [0.2, 0.25) is 19.5 Å². The number of sulfonamides is 2. The number of anilines is 1. The van der Waals surface area contributed by atoms with Gasteiger partial charge in [0.05, 0.1) is 4.90 Å². The van der Waals surface area contributed by atoms with Crippen molar-refractivity contribution in [1.29, 1.82) is 0 Å². The van der Waals surface area contributed by atoms with Gasteiger partial charge in [0.15, 0.2) is 0 Å². The number of hydrogen-bond donors (Lipinski definition) is 1. The first-order valence-corrected chi connectivity index (χ1v) is 13.6. The SMILES string of the molecule is Cc1ccccc1C(=O)Nc1nnc(S(=O)(=O)N2CCN(S(=O)(=O)c3ccccc3)CC2)s1. The smallest absolute Gasteiger partial charge is 0.272 e. The molecule has 4 rings (SSSR count). The normalized spacial score (nSPS) is 15.9. The highest BCUT2D eigenvalue weighted by molar-refractivity contribution is 7.91. The zero-order valence-corrected chi connectivity index (χ0v) is 20.0. The molecule has 1 aromatic heterocycles. The first kappa shape index (κ1) is 23.4. The second kappa shape index (κ2) is 9.27. The molecular weight excluding hydrogens is 486 g/mol. The van der Waals surface area contributed by atoms with Crippen molar-refractivity contribution < 1.29 is 21.6 Å². The van der Waals surface area contributed by atoms with Gasteiger partial charge in [-0.2, -0.15) is 8.61 Å². The van der Waals surface area contributed by atoms with Crippen LogP contribution in [0, 0.1) is 6.92 Å². The Morgan fingerprint density at radius 2 is 1.42 bits per heavy atom. The number of aryl methyl sites for hydroxylation is 1. The average Bonchev–Trinajstić information content (AvgIpc) is 3.29. The van der Waals surface area contributed by atoms with E-state index in [1.165, 1.54) is 20.7 Å². The summed E-state index contributed by atoms with van der Waals surface area (Å²) in [5.74, 6) is -0.409. The number of amides is 1. The zero-order valence-electron chi connectivity index (χ0n) is 17.6. The van der Waals surface area contributed by atoms with Gasteiger partial charge in [-0.05, 0) is 30.7 Å². The highest BCUT2D eigenvalue weighted by Crippen LogP contribution is 2.26. The maximum atomic E-state index is 13.0. The first-order valence-electron chi connectivity index (χ1n) is 9.95. The summed E-state index contributed by atoms with van der Waals surface area (Å²) in [4.78, 5) is 12.6. The lowest BCUT2D eigenvalue weighted by molar-refractivity contribution is 0.102. The number of hydrogen-bond acceptors (Lipinski definition) is 8. The molecule has 0 bridgehead atoms. The fourth-order valence-electron chi connectivity index (χ4n) is 3.36. The summed E-state index contributed by atoms with van der Waals surface area (Å²) in [5.41, 5.74) is 1.23. The Morgan fingerprint density at radius 1 is 0.848 bits per heavy atom. The molecule has 0 spiro atoms. The van der Waals surface area contributed by atoms with Gasteiger partial charge in [0, 0.05) is 31.7 Å². The van der Waals surface area contributed by atoms with Gasteiger partial charge in [-0.1, -0.05) is 47.7 Å². The summed E-state index contributed by atoms with van der Waals surface area (Å²) in [6.07, 6.45) is 0. The van der Waals surface area contributed by atoms with Gasteiger partial charge in [0.1, 0.15) is 0 Å². The molecule has 1 saturated heterocycles. The summed E-state index contributed by atoms with van der Waals surface area (Å²) in [6.45, 7) is 1.80. The van der Waals surface area contributed by atoms with E-state index < -0.39 is 26.0 Å². The molecule has 0 aliphatic carbocycles. The molecule has 0 saturated carbocycles. The highest BCUT2D eigenvalue weighted by atomic mass is 32.2. The molecule has 10 nitrogen and oxygen atoms in total. The van der Waals surface area contributed by atoms with E-state index in [2.05, 4.69) is 15.5 Å². The Balaban J connectivity index is 1.43. The van der Waals surface area contributed by atoms with Crippen molar-refractivity contribution in [3.8, 4) is 0 Å². The van der Waals surface area contributed by atoms with E-state index in [9.17, 15) is 21.6 Å².